The van der Waals surface area contributed by atoms with Crippen molar-refractivity contribution in [2.75, 3.05) is 13.1 Å². The third-order valence-corrected chi connectivity index (χ3v) is 14.7. The fraction of sp³-hybridized carbons (Fsp3) is 0.417. The molecule has 2 aliphatic carbocycles. The van der Waals surface area contributed by atoms with Gasteiger partial charge in [0.2, 0.25) is 0 Å². The van der Waals surface area contributed by atoms with E-state index in [-0.39, 0.29) is 36.7 Å². The molecule has 0 bridgehead atoms. The molecule has 0 heterocycles. The van der Waals surface area contributed by atoms with Crippen molar-refractivity contribution in [2.24, 2.45) is 0 Å². The molecule has 1 unspecified atom stereocenters. The SMILES string of the molecule is CC(=O)NC[C](NC(C)=O)=[Ti]([C]1=CC=CC1)(=[C](CNC(C)=O)NC(C)=O)[C]1(C)C=CC(C)=C1. The van der Waals surface area contributed by atoms with E-state index in [4.69, 9.17) is 0 Å². The topological polar surface area (TPSA) is 116 Å². The predicted molar refractivity (Wildman–Crippen MR) is 128 cm³/mol. The maximum atomic E-state index is 12.4. The van der Waals surface area contributed by atoms with Crippen molar-refractivity contribution in [1.82, 2.24) is 21.3 Å². The summed E-state index contributed by atoms with van der Waals surface area (Å²) in [7, 11) is 0. The van der Waals surface area contributed by atoms with Crippen molar-refractivity contribution < 1.29 is 34.8 Å². The quantitative estimate of drug-likeness (QED) is 0.386. The molecule has 0 fully saturated rings. The van der Waals surface area contributed by atoms with Crippen LogP contribution in [0.5, 0.6) is 0 Å². The first kappa shape index (κ1) is 26.5. The van der Waals surface area contributed by atoms with Crippen LogP contribution in [0.15, 0.2) is 45.9 Å². The van der Waals surface area contributed by atoms with Gasteiger partial charge in [0.05, 0.1) is 0 Å². The molecule has 4 N–H and O–H groups in total. The summed E-state index contributed by atoms with van der Waals surface area (Å²) >= 11 is -3.99. The van der Waals surface area contributed by atoms with Crippen LogP contribution in [0.3, 0.4) is 0 Å². The van der Waals surface area contributed by atoms with Gasteiger partial charge in [-0.15, -0.1) is 0 Å². The van der Waals surface area contributed by atoms with Gasteiger partial charge in [-0.2, -0.15) is 0 Å². The number of hydrogen-bond donors (Lipinski definition) is 4. The molecule has 1 atom stereocenters. The second-order valence-corrected chi connectivity index (χ2v) is 15.6. The molecular weight excluding hydrogens is 456 g/mol. The molecule has 0 saturated carbocycles. The van der Waals surface area contributed by atoms with Gasteiger partial charge >= 0.3 is 198 Å². The Bertz CT molecular complexity index is 1070. The predicted octanol–water partition coefficient (Wildman–Crippen LogP) is 1.48. The van der Waals surface area contributed by atoms with E-state index >= 15 is 0 Å². The molecular formula is C24H34N4O4Ti. The maximum absolute atomic E-state index is 12.4. The summed E-state index contributed by atoms with van der Waals surface area (Å²) in [5.74, 6) is -0.973. The molecule has 9 heteroatoms. The van der Waals surface area contributed by atoms with Crippen LogP contribution in [-0.4, -0.2) is 44.6 Å². The Morgan fingerprint density at radius 2 is 1.42 bits per heavy atom. The van der Waals surface area contributed by atoms with Gasteiger partial charge in [0.1, 0.15) is 0 Å². The van der Waals surface area contributed by atoms with Crippen LogP contribution in [-0.2, 0) is 34.8 Å². The van der Waals surface area contributed by atoms with Gasteiger partial charge in [-0.25, -0.2) is 0 Å². The zero-order valence-corrected chi connectivity index (χ0v) is 21.8. The third-order valence-electron chi connectivity index (χ3n) is 5.87. The van der Waals surface area contributed by atoms with Crippen LogP contribution in [0.2, 0.25) is 3.72 Å². The molecule has 0 saturated heterocycles. The second-order valence-electron chi connectivity index (χ2n) is 8.72. The standard InChI is InChI=1S/C7H9.2C6H10N2O2.C5H5.Ti/c1-6-3-4-7(2)5-6;2*1-5(9)7-3-4-8-6(2)10;1-2-4-5-3-1;/h3-5H,1-2H3;2*3H2,1-2H3,(H,7,9)(H,8,10);1-3H,4H2;. The molecule has 0 aliphatic heterocycles. The van der Waals surface area contributed by atoms with E-state index in [2.05, 4.69) is 40.3 Å². The van der Waals surface area contributed by atoms with Gasteiger partial charge < -0.3 is 0 Å². The van der Waals surface area contributed by atoms with Gasteiger partial charge in [-0.05, 0) is 0 Å². The van der Waals surface area contributed by atoms with Crippen molar-refractivity contribution in [1.29, 1.82) is 0 Å². The third kappa shape index (κ3) is 6.00. The summed E-state index contributed by atoms with van der Waals surface area (Å²) in [5, 5.41) is 11.8. The first-order chi connectivity index (χ1) is 15.4. The average Bonchev–Trinajstić information content (AvgIpc) is 3.34. The first-order valence-corrected chi connectivity index (χ1v) is 14.1. The molecule has 2 aliphatic rings. The number of carbonyl (C=O) groups excluding carboxylic acids is 4. The molecule has 8 nitrogen and oxygen atoms in total. The van der Waals surface area contributed by atoms with Crippen LogP contribution in [0.1, 0.15) is 48.0 Å². The van der Waals surface area contributed by atoms with Gasteiger partial charge in [0.15, 0.2) is 0 Å². The van der Waals surface area contributed by atoms with Gasteiger partial charge in [-0.1, -0.05) is 0 Å². The normalized spacial score (nSPS) is 18.4. The molecule has 0 spiro atoms. The number of rotatable bonds is 8. The van der Waals surface area contributed by atoms with Crippen LogP contribution in [0, 0.1) is 0 Å². The number of allylic oxidation sites excluding steroid dienone is 8. The summed E-state index contributed by atoms with van der Waals surface area (Å²) in [6, 6.07) is 0. The van der Waals surface area contributed by atoms with E-state index in [9.17, 15) is 19.2 Å². The molecule has 178 valence electrons. The van der Waals surface area contributed by atoms with E-state index < -0.39 is 19.4 Å². The van der Waals surface area contributed by atoms with E-state index in [1.165, 1.54) is 27.7 Å². The van der Waals surface area contributed by atoms with Crippen molar-refractivity contribution >= 4 is 31.5 Å². The Morgan fingerprint density at radius 1 is 0.909 bits per heavy atom. The zero-order chi connectivity index (χ0) is 24.8. The Balaban J connectivity index is 3.16. The van der Waals surface area contributed by atoms with Crippen molar-refractivity contribution in [3.05, 3.63) is 45.9 Å². The number of carbonyl (C=O) groups is 4. The molecule has 33 heavy (non-hydrogen) atoms. The average molecular weight is 490 g/mol. The van der Waals surface area contributed by atoms with Gasteiger partial charge in [0.25, 0.3) is 0 Å². The summed E-state index contributed by atoms with van der Waals surface area (Å²) in [5.41, 5.74) is 1.07. The number of hydrogen-bond acceptors (Lipinski definition) is 4. The minimum atomic E-state index is -3.99. The molecule has 0 aromatic rings. The zero-order valence-electron chi connectivity index (χ0n) is 20.2. The molecule has 4 amide bonds. The molecule has 0 radical (unpaired) electrons. The summed E-state index contributed by atoms with van der Waals surface area (Å²) in [4.78, 5) is 48.6. The van der Waals surface area contributed by atoms with Crippen molar-refractivity contribution in [3.8, 4) is 0 Å². The van der Waals surface area contributed by atoms with Crippen molar-refractivity contribution in [2.45, 2.75) is 51.7 Å². The Hall–Kier alpha value is -2.71. The second kappa shape index (κ2) is 10.9. The van der Waals surface area contributed by atoms with E-state index in [1.807, 2.05) is 31.2 Å². The van der Waals surface area contributed by atoms with Crippen LogP contribution >= 0.6 is 0 Å². The Labute approximate surface area is 198 Å². The van der Waals surface area contributed by atoms with Crippen LogP contribution in [0.25, 0.3) is 0 Å². The summed E-state index contributed by atoms with van der Waals surface area (Å²) in [6.45, 7) is 10.1. The Morgan fingerprint density at radius 3 is 1.76 bits per heavy atom. The molecule has 0 aromatic carbocycles. The van der Waals surface area contributed by atoms with Crippen LogP contribution in [0.4, 0.5) is 0 Å². The fourth-order valence-corrected chi connectivity index (χ4v) is 14.3. The molecule has 2 rings (SSSR count). The minimum absolute atomic E-state index is 0.131. The summed E-state index contributed by atoms with van der Waals surface area (Å²) < 4.78 is 1.96. The van der Waals surface area contributed by atoms with Gasteiger partial charge in [-0.3, -0.25) is 0 Å². The van der Waals surface area contributed by atoms with Crippen LogP contribution < -0.4 is 21.3 Å². The van der Waals surface area contributed by atoms with E-state index in [1.54, 1.807) is 0 Å². The monoisotopic (exact) mass is 490 g/mol. The van der Waals surface area contributed by atoms with Crippen molar-refractivity contribution in [3.63, 3.8) is 0 Å². The Kier molecular flexibility index (Phi) is 8.80. The number of nitrogens with one attached hydrogen (secondary N) is 4. The fourth-order valence-electron chi connectivity index (χ4n) is 4.79. The van der Waals surface area contributed by atoms with Gasteiger partial charge in [0, 0.05) is 0 Å². The van der Waals surface area contributed by atoms with E-state index in [0.29, 0.717) is 14.3 Å². The first-order valence-electron chi connectivity index (χ1n) is 10.9. The summed E-state index contributed by atoms with van der Waals surface area (Å²) in [6.07, 6.45) is 13.0. The molecule has 0 aromatic heterocycles. The van der Waals surface area contributed by atoms with E-state index in [0.717, 1.165) is 9.45 Å². The number of amides is 4.